The van der Waals surface area contributed by atoms with Crippen molar-refractivity contribution in [3.05, 3.63) is 39.9 Å². The van der Waals surface area contributed by atoms with Gasteiger partial charge in [-0.15, -0.1) is 0 Å². The second kappa shape index (κ2) is 6.36. The smallest absolute Gasteiger partial charge is 0.270 e. The first-order valence-electron chi connectivity index (χ1n) is 6.00. The van der Waals surface area contributed by atoms with Crippen molar-refractivity contribution in [2.24, 2.45) is 0 Å². The maximum absolute atomic E-state index is 10.7. The van der Waals surface area contributed by atoms with E-state index < -0.39 is 4.92 Å². The molecule has 2 rings (SSSR count). The second-order valence-corrected chi connectivity index (χ2v) is 4.00. The predicted molar refractivity (Wildman–Crippen MR) is 76.2 cm³/mol. The van der Waals surface area contributed by atoms with Crippen LogP contribution in [0, 0.1) is 21.4 Å². The third-order valence-electron chi connectivity index (χ3n) is 2.68. The van der Waals surface area contributed by atoms with Gasteiger partial charge < -0.3 is 14.8 Å². The Morgan fingerprint density at radius 3 is 2.36 bits per heavy atom. The number of anilines is 2. The summed E-state index contributed by atoms with van der Waals surface area (Å²) in [5.41, 5.74) is 0.259. The molecule has 112 valence electrons. The number of nitro benzene ring substituents is 1. The number of nitriles is 1. The number of hydrogen-bond donors (Lipinski definition) is 1. The molecule has 22 heavy (non-hydrogen) atoms. The Balaban J connectivity index is 2.38. The number of benzene rings is 1. The summed E-state index contributed by atoms with van der Waals surface area (Å²) in [5, 5.41) is 22.6. The maximum Gasteiger partial charge on any atom is 0.270 e. The van der Waals surface area contributed by atoms with Crippen molar-refractivity contribution >= 4 is 17.3 Å². The summed E-state index contributed by atoms with van der Waals surface area (Å²) >= 11 is 0. The lowest BCUT2D eigenvalue weighted by atomic mass is 10.2. The van der Waals surface area contributed by atoms with Gasteiger partial charge in [0, 0.05) is 12.1 Å². The van der Waals surface area contributed by atoms with E-state index in [1.165, 1.54) is 38.5 Å². The minimum Gasteiger partial charge on any atom is -0.481 e. The van der Waals surface area contributed by atoms with Gasteiger partial charge in [-0.05, 0) is 6.07 Å². The molecule has 1 aromatic carbocycles. The zero-order valence-electron chi connectivity index (χ0n) is 11.7. The van der Waals surface area contributed by atoms with E-state index in [-0.39, 0.29) is 29.0 Å². The summed E-state index contributed by atoms with van der Waals surface area (Å²) in [5.74, 6) is 0.686. The monoisotopic (exact) mass is 301 g/mol. The standard InChI is InChI=1S/C13H11N5O4/c1-21-11-6-12(22-2)17-13(16-11)15-10-4-3-9(18(19)20)5-8(10)7-14/h3-6H,1-2H3,(H,15,16,17). The van der Waals surface area contributed by atoms with Gasteiger partial charge in [-0.1, -0.05) is 0 Å². The first-order chi connectivity index (χ1) is 10.6. The molecular formula is C13H11N5O4. The number of nitrogens with zero attached hydrogens (tertiary/aromatic N) is 4. The number of nitrogens with one attached hydrogen (secondary N) is 1. The first kappa shape index (κ1) is 15.0. The molecule has 1 heterocycles. The van der Waals surface area contributed by atoms with E-state index in [1.54, 1.807) is 0 Å². The molecule has 0 amide bonds. The average Bonchev–Trinajstić information content (AvgIpc) is 2.54. The molecule has 0 atom stereocenters. The Bertz CT molecular complexity index is 734. The first-order valence-corrected chi connectivity index (χ1v) is 6.00. The van der Waals surface area contributed by atoms with Crippen LogP contribution in [0.3, 0.4) is 0 Å². The summed E-state index contributed by atoms with van der Waals surface area (Å²) in [4.78, 5) is 18.3. The highest BCUT2D eigenvalue weighted by Gasteiger charge is 2.12. The molecular weight excluding hydrogens is 290 g/mol. The van der Waals surface area contributed by atoms with E-state index >= 15 is 0 Å². The summed E-state index contributed by atoms with van der Waals surface area (Å²) < 4.78 is 10.0. The van der Waals surface area contributed by atoms with Crippen LogP contribution in [-0.4, -0.2) is 29.1 Å². The van der Waals surface area contributed by atoms with Gasteiger partial charge in [0.05, 0.1) is 36.5 Å². The summed E-state index contributed by atoms with van der Waals surface area (Å²) in [6, 6.07) is 7.23. The quantitative estimate of drug-likeness (QED) is 0.657. The molecule has 0 fully saturated rings. The van der Waals surface area contributed by atoms with Gasteiger partial charge in [0.15, 0.2) is 0 Å². The minimum atomic E-state index is -0.574. The van der Waals surface area contributed by atoms with E-state index in [0.29, 0.717) is 5.69 Å². The van der Waals surface area contributed by atoms with Gasteiger partial charge in [0.2, 0.25) is 17.7 Å². The number of methoxy groups -OCH3 is 2. The number of rotatable bonds is 5. The van der Waals surface area contributed by atoms with Crippen LogP contribution >= 0.6 is 0 Å². The van der Waals surface area contributed by atoms with Crippen molar-refractivity contribution in [3.8, 4) is 17.8 Å². The highest BCUT2D eigenvalue weighted by atomic mass is 16.6. The topological polar surface area (TPSA) is 123 Å². The number of ether oxygens (including phenoxy) is 2. The van der Waals surface area contributed by atoms with Gasteiger partial charge in [0.1, 0.15) is 6.07 Å². The zero-order valence-corrected chi connectivity index (χ0v) is 11.7. The van der Waals surface area contributed by atoms with Crippen LogP contribution in [-0.2, 0) is 0 Å². The molecule has 2 aromatic rings. The molecule has 0 unspecified atom stereocenters. The van der Waals surface area contributed by atoms with E-state index in [2.05, 4.69) is 15.3 Å². The zero-order chi connectivity index (χ0) is 16.1. The molecule has 0 saturated heterocycles. The van der Waals surface area contributed by atoms with E-state index in [9.17, 15) is 10.1 Å². The van der Waals surface area contributed by atoms with Crippen LogP contribution in [0.5, 0.6) is 11.8 Å². The van der Waals surface area contributed by atoms with Crippen LogP contribution in [0.4, 0.5) is 17.3 Å². The number of hydrogen-bond acceptors (Lipinski definition) is 8. The van der Waals surface area contributed by atoms with Crippen molar-refractivity contribution in [2.45, 2.75) is 0 Å². The molecule has 0 aliphatic carbocycles. The molecule has 9 nitrogen and oxygen atoms in total. The van der Waals surface area contributed by atoms with Crippen LogP contribution in [0.15, 0.2) is 24.3 Å². The van der Waals surface area contributed by atoms with Gasteiger partial charge in [0.25, 0.3) is 5.69 Å². The molecule has 1 N–H and O–H groups in total. The molecule has 0 saturated carbocycles. The van der Waals surface area contributed by atoms with Crippen molar-refractivity contribution in [1.29, 1.82) is 5.26 Å². The van der Waals surface area contributed by atoms with Crippen molar-refractivity contribution < 1.29 is 14.4 Å². The highest BCUT2D eigenvalue weighted by Crippen LogP contribution is 2.25. The molecule has 0 aliphatic heterocycles. The second-order valence-electron chi connectivity index (χ2n) is 4.00. The van der Waals surface area contributed by atoms with Crippen LogP contribution < -0.4 is 14.8 Å². The number of non-ortho nitro benzene ring substituents is 1. The molecule has 9 heteroatoms. The Morgan fingerprint density at radius 2 is 1.86 bits per heavy atom. The normalized spacial score (nSPS) is 9.68. The predicted octanol–water partition coefficient (Wildman–Crippen LogP) is 2.02. The minimum absolute atomic E-state index is 0.0968. The van der Waals surface area contributed by atoms with Gasteiger partial charge in [-0.3, -0.25) is 10.1 Å². The van der Waals surface area contributed by atoms with Gasteiger partial charge in [-0.2, -0.15) is 15.2 Å². The maximum atomic E-state index is 10.7. The SMILES string of the molecule is COc1cc(OC)nc(Nc2ccc([N+](=O)[O-])cc2C#N)n1. The fourth-order valence-electron chi connectivity index (χ4n) is 1.64. The van der Waals surface area contributed by atoms with Crippen molar-refractivity contribution in [1.82, 2.24) is 9.97 Å². The Hall–Kier alpha value is -3.41. The van der Waals surface area contributed by atoms with Crippen molar-refractivity contribution in [2.75, 3.05) is 19.5 Å². The molecule has 0 spiro atoms. The summed E-state index contributed by atoms with van der Waals surface area (Å²) in [7, 11) is 2.89. The molecule has 0 aliphatic rings. The fraction of sp³-hybridized carbons (Fsp3) is 0.154. The van der Waals surface area contributed by atoms with Crippen LogP contribution in [0.2, 0.25) is 0 Å². The van der Waals surface area contributed by atoms with Crippen molar-refractivity contribution in [3.63, 3.8) is 0 Å². The third kappa shape index (κ3) is 3.18. The third-order valence-corrected chi connectivity index (χ3v) is 2.68. The highest BCUT2D eigenvalue weighted by molar-refractivity contribution is 5.66. The van der Waals surface area contributed by atoms with Gasteiger partial charge >= 0.3 is 0 Å². The van der Waals surface area contributed by atoms with Crippen LogP contribution in [0.25, 0.3) is 0 Å². The number of nitro groups is 1. The molecule has 0 bridgehead atoms. The van der Waals surface area contributed by atoms with Gasteiger partial charge in [-0.25, -0.2) is 0 Å². The molecule has 1 aromatic heterocycles. The summed E-state index contributed by atoms with van der Waals surface area (Å²) in [6.45, 7) is 0. The van der Waals surface area contributed by atoms with E-state index in [1.807, 2.05) is 6.07 Å². The largest absolute Gasteiger partial charge is 0.481 e. The summed E-state index contributed by atoms with van der Waals surface area (Å²) in [6.07, 6.45) is 0. The Kier molecular flexibility index (Phi) is 4.33. The van der Waals surface area contributed by atoms with Crippen LogP contribution in [0.1, 0.15) is 5.56 Å². The number of aromatic nitrogens is 2. The Morgan fingerprint density at radius 1 is 1.23 bits per heavy atom. The lowest BCUT2D eigenvalue weighted by Gasteiger charge is -2.09. The molecule has 0 radical (unpaired) electrons. The lowest BCUT2D eigenvalue weighted by Crippen LogP contribution is -2.02. The Labute approximate surface area is 125 Å². The lowest BCUT2D eigenvalue weighted by molar-refractivity contribution is -0.384. The van der Waals surface area contributed by atoms with E-state index in [0.717, 1.165) is 0 Å². The van der Waals surface area contributed by atoms with E-state index in [4.69, 9.17) is 14.7 Å². The fourth-order valence-corrected chi connectivity index (χ4v) is 1.64. The average molecular weight is 301 g/mol.